The fraction of sp³-hybridized carbons (Fsp3) is 0.375. The lowest BCUT2D eigenvalue weighted by atomic mass is 10.4. The van der Waals surface area contributed by atoms with Gasteiger partial charge < -0.3 is 5.32 Å². The van der Waals surface area contributed by atoms with Gasteiger partial charge in [-0.05, 0) is 13.0 Å². The van der Waals surface area contributed by atoms with Crippen LogP contribution in [0.4, 0.5) is 0 Å². The molecule has 1 rings (SSSR count). The maximum absolute atomic E-state index is 11.2. The molecule has 0 saturated carbocycles. The molecular weight excluding hydrogens is 168 g/mol. The molecule has 5 heteroatoms. The van der Waals surface area contributed by atoms with Crippen LogP contribution >= 0.6 is 0 Å². The molecule has 0 bridgehead atoms. The highest BCUT2D eigenvalue weighted by Crippen LogP contribution is 1.85. The van der Waals surface area contributed by atoms with Gasteiger partial charge in [0.15, 0.2) is 0 Å². The molecule has 0 fully saturated rings. The summed E-state index contributed by atoms with van der Waals surface area (Å²) in [5, 5.41) is 14.8. The second-order valence-corrected chi connectivity index (χ2v) is 2.62. The van der Waals surface area contributed by atoms with Crippen LogP contribution in [-0.4, -0.2) is 21.7 Å². The molecule has 13 heavy (non-hydrogen) atoms. The first-order chi connectivity index (χ1) is 6.22. The molecule has 0 spiro atoms. The number of amides is 1. The number of nitrogens with one attached hydrogen (secondary N) is 1. The van der Waals surface area contributed by atoms with E-state index in [1.807, 2.05) is 6.07 Å². The molecule has 0 aliphatic rings. The first kappa shape index (κ1) is 9.26. The van der Waals surface area contributed by atoms with Gasteiger partial charge >= 0.3 is 0 Å². The molecule has 0 unspecified atom stereocenters. The average Bonchev–Trinajstić information content (AvgIpc) is 2.56. The van der Waals surface area contributed by atoms with E-state index in [-0.39, 0.29) is 12.5 Å². The van der Waals surface area contributed by atoms with E-state index >= 15 is 0 Å². The Morgan fingerprint density at radius 3 is 3.15 bits per heavy atom. The summed E-state index contributed by atoms with van der Waals surface area (Å²) >= 11 is 0. The third-order valence-electron chi connectivity index (χ3n) is 1.44. The van der Waals surface area contributed by atoms with Crippen molar-refractivity contribution in [3.63, 3.8) is 0 Å². The standard InChI is InChI=1S/C8H10N4O/c1-7(5-9)11-8(13)6-12-4-2-3-10-12/h2-4,7H,6H2,1H3,(H,11,13)/t7-/m1/s1. The lowest BCUT2D eigenvalue weighted by Crippen LogP contribution is -2.34. The van der Waals surface area contributed by atoms with Gasteiger partial charge in [0.2, 0.25) is 5.91 Å². The van der Waals surface area contributed by atoms with Crippen LogP contribution < -0.4 is 5.32 Å². The van der Waals surface area contributed by atoms with Crippen molar-refractivity contribution in [2.24, 2.45) is 0 Å². The Morgan fingerprint density at radius 1 is 1.85 bits per heavy atom. The van der Waals surface area contributed by atoms with Crippen molar-refractivity contribution in [2.75, 3.05) is 0 Å². The van der Waals surface area contributed by atoms with E-state index in [0.717, 1.165) is 0 Å². The maximum atomic E-state index is 11.2. The highest BCUT2D eigenvalue weighted by molar-refractivity contribution is 5.76. The van der Waals surface area contributed by atoms with Crippen LogP contribution in [0, 0.1) is 11.3 Å². The Bertz CT molecular complexity index is 311. The smallest absolute Gasteiger partial charge is 0.242 e. The monoisotopic (exact) mass is 178 g/mol. The zero-order valence-corrected chi connectivity index (χ0v) is 7.27. The Labute approximate surface area is 76.0 Å². The number of hydrogen-bond acceptors (Lipinski definition) is 3. The van der Waals surface area contributed by atoms with Crippen molar-refractivity contribution in [1.82, 2.24) is 15.1 Å². The number of aromatic nitrogens is 2. The fourth-order valence-electron chi connectivity index (χ4n) is 0.861. The number of nitriles is 1. The van der Waals surface area contributed by atoms with Gasteiger partial charge in [-0.3, -0.25) is 9.48 Å². The van der Waals surface area contributed by atoms with Crippen LogP contribution in [0.3, 0.4) is 0 Å². The Kier molecular flexibility index (Phi) is 3.03. The summed E-state index contributed by atoms with van der Waals surface area (Å²) in [6.07, 6.45) is 3.29. The molecule has 1 atom stereocenters. The quantitative estimate of drug-likeness (QED) is 0.703. The Morgan fingerprint density at radius 2 is 2.62 bits per heavy atom. The van der Waals surface area contributed by atoms with Gasteiger partial charge in [-0.2, -0.15) is 10.4 Å². The summed E-state index contributed by atoms with van der Waals surface area (Å²) < 4.78 is 1.50. The third kappa shape index (κ3) is 2.95. The van der Waals surface area contributed by atoms with Crippen molar-refractivity contribution in [3.05, 3.63) is 18.5 Å². The van der Waals surface area contributed by atoms with Gasteiger partial charge in [0.25, 0.3) is 0 Å². The topological polar surface area (TPSA) is 70.7 Å². The van der Waals surface area contributed by atoms with Crippen molar-refractivity contribution in [2.45, 2.75) is 19.5 Å². The van der Waals surface area contributed by atoms with Crippen molar-refractivity contribution in [3.8, 4) is 6.07 Å². The number of carbonyl (C=O) groups excluding carboxylic acids is 1. The molecule has 1 N–H and O–H groups in total. The number of rotatable bonds is 3. The molecule has 1 heterocycles. The van der Waals surface area contributed by atoms with E-state index in [9.17, 15) is 4.79 Å². The van der Waals surface area contributed by atoms with Crippen LogP contribution in [0.2, 0.25) is 0 Å². The zero-order valence-electron chi connectivity index (χ0n) is 7.27. The Hall–Kier alpha value is -1.83. The van der Waals surface area contributed by atoms with E-state index < -0.39 is 6.04 Å². The molecule has 1 amide bonds. The predicted molar refractivity (Wildman–Crippen MR) is 45.4 cm³/mol. The summed E-state index contributed by atoms with van der Waals surface area (Å²) in [7, 11) is 0. The highest BCUT2D eigenvalue weighted by Gasteiger charge is 2.05. The second kappa shape index (κ2) is 4.26. The minimum Gasteiger partial charge on any atom is -0.339 e. The van der Waals surface area contributed by atoms with Gasteiger partial charge in [-0.15, -0.1) is 0 Å². The summed E-state index contributed by atoms with van der Waals surface area (Å²) in [4.78, 5) is 11.2. The molecule has 1 aromatic heterocycles. The van der Waals surface area contributed by atoms with Crippen LogP contribution in [0.1, 0.15) is 6.92 Å². The molecule has 0 aliphatic heterocycles. The molecule has 0 saturated heterocycles. The van der Waals surface area contributed by atoms with Gasteiger partial charge in [0.1, 0.15) is 12.6 Å². The van der Waals surface area contributed by atoms with Crippen molar-refractivity contribution >= 4 is 5.91 Å². The van der Waals surface area contributed by atoms with E-state index in [2.05, 4.69) is 10.4 Å². The normalized spacial score (nSPS) is 11.7. The molecule has 0 aliphatic carbocycles. The summed E-state index contributed by atoms with van der Waals surface area (Å²) in [6.45, 7) is 1.78. The predicted octanol–water partition coefficient (Wildman–Crippen LogP) is -0.0886. The lowest BCUT2D eigenvalue weighted by molar-refractivity contribution is -0.122. The zero-order chi connectivity index (χ0) is 9.68. The second-order valence-electron chi connectivity index (χ2n) is 2.62. The first-order valence-electron chi connectivity index (χ1n) is 3.89. The summed E-state index contributed by atoms with van der Waals surface area (Å²) in [5.41, 5.74) is 0. The van der Waals surface area contributed by atoms with Crippen LogP contribution in [0.25, 0.3) is 0 Å². The van der Waals surface area contributed by atoms with E-state index in [1.54, 1.807) is 25.4 Å². The molecule has 0 aromatic carbocycles. The summed E-state index contributed by atoms with van der Waals surface area (Å²) in [5.74, 6) is -0.210. The first-order valence-corrected chi connectivity index (χ1v) is 3.89. The van der Waals surface area contributed by atoms with Gasteiger partial charge in [-0.25, -0.2) is 0 Å². The SMILES string of the molecule is C[C@H](C#N)NC(=O)Cn1cccn1. The van der Waals surface area contributed by atoms with Crippen LogP contribution in [-0.2, 0) is 11.3 Å². The highest BCUT2D eigenvalue weighted by atomic mass is 16.2. The lowest BCUT2D eigenvalue weighted by Gasteiger charge is -2.05. The minimum absolute atomic E-state index is 0.152. The Balaban J connectivity index is 2.39. The van der Waals surface area contributed by atoms with Crippen molar-refractivity contribution in [1.29, 1.82) is 5.26 Å². The maximum Gasteiger partial charge on any atom is 0.242 e. The number of hydrogen-bond donors (Lipinski definition) is 1. The molecule has 1 aromatic rings. The number of carbonyl (C=O) groups is 1. The van der Waals surface area contributed by atoms with Gasteiger partial charge in [-0.1, -0.05) is 0 Å². The molecular formula is C8H10N4O. The van der Waals surface area contributed by atoms with Crippen molar-refractivity contribution < 1.29 is 4.79 Å². The minimum atomic E-state index is -0.455. The largest absolute Gasteiger partial charge is 0.339 e. The third-order valence-corrected chi connectivity index (χ3v) is 1.44. The van der Waals surface area contributed by atoms with E-state index in [4.69, 9.17) is 5.26 Å². The fourth-order valence-corrected chi connectivity index (χ4v) is 0.861. The number of nitrogens with zero attached hydrogens (tertiary/aromatic N) is 3. The molecule has 0 radical (unpaired) electrons. The van der Waals surface area contributed by atoms with E-state index in [1.165, 1.54) is 4.68 Å². The van der Waals surface area contributed by atoms with Crippen LogP contribution in [0.15, 0.2) is 18.5 Å². The van der Waals surface area contributed by atoms with E-state index in [0.29, 0.717) is 0 Å². The van der Waals surface area contributed by atoms with Crippen LogP contribution in [0.5, 0.6) is 0 Å². The average molecular weight is 178 g/mol. The summed E-state index contributed by atoms with van der Waals surface area (Å²) in [6, 6.07) is 3.20. The molecule has 5 nitrogen and oxygen atoms in total. The van der Waals surface area contributed by atoms with Gasteiger partial charge in [0, 0.05) is 12.4 Å². The van der Waals surface area contributed by atoms with Gasteiger partial charge in [0.05, 0.1) is 6.07 Å². The molecule has 68 valence electrons.